The number of hydrogen-bond donors (Lipinski definition) is 0. The lowest BCUT2D eigenvalue weighted by molar-refractivity contribution is 0.487. The van der Waals surface area contributed by atoms with Crippen molar-refractivity contribution >= 4 is 48.6 Å². The molecule has 0 saturated carbocycles. The molecule has 4 nitrogen and oxygen atoms in total. The molecule has 24 heavy (non-hydrogen) atoms. The maximum absolute atomic E-state index is 12.7. The molecular weight excluding hydrogens is 414 g/mol. The van der Waals surface area contributed by atoms with Gasteiger partial charge < -0.3 is 4.18 Å². The molecule has 0 unspecified atom stereocenters. The van der Waals surface area contributed by atoms with E-state index in [4.69, 9.17) is 15.8 Å². The van der Waals surface area contributed by atoms with Crippen LogP contribution in [-0.2, 0) is 10.1 Å². The predicted molar refractivity (Wildman–Crippen MR) is 98.2 cm³/mol. The van der Waals surface area contributed by atoms with Gasteiger partial charge in [0.25, 0.3) is 0 Å². The maximum Gasteiger partial charge on any atom is 0.339 e. The van der Waals surface area contributed by atoms with Gasteiger partial charge in [0.2, 0.25) is 0 Å². The van der Waals surface area contributed by atoms with Gasteiger partial charge in [-0.15, -0.1) is 0 Å². The molecule has 0 amide bonds. The van der Waals surface area contributed by atoms with Crippen LogP contribution in [0.4, 0.5) is 0 Å². The summed E-state index contributed by atoms with van der Waals surface area (Å²) in [4.78, 5) is 4.30. The van der Waals surface area contributed by atoms with E-state index in [0.717, 1.165) is 5.56 Å². The normalized spacial score (nSPS) is 11.7. The Bertz CT molecular complexity index is 1050. The van der Waals surface area contributed by atoms with Gasteiger partial charge in [0, 0.05) is 16.1 Å². The Hall–Kier alpha value is -1.63. The summed E-state index contributed by atoms with van der Waals surface area (Å²) in [7, 11) is -4.00. The topological polar surface area (TPSA) is 56.3 Å². The van der Waals surface area contributed by atoms with E-state index in [1.165, 1.54) is 6.07 Å². The number of aromatic nitrogens is 1. The minimum absolute atomic E-state index is 0.110. The number of hydrogen-bond acceptors (Lipinski definition) is 4. The molecule has 0 aliphatic heterocycles. The van der Waals surface area contributed by atoms with Gasteiger partial charge in [0.1, 0.15) is 10.4 Å². The van der Waals surface area contributed by atoms with Crippen molar-refractivity contribution in [3.63, 3.8) is 0 Å². The van der Waals surface area contributed by atoms with Gasteiger partial charge >= 0.3 is 10.1 Å². The second kappa shape index (κ2) is 6.35. The fourth-order valence-electron chi connectivity index (χ4n) is 2.42. The van der Waals surface area contributed by atoms with Gasteiger partial charge in [-0.05, 0) is 55.3 Å². The molecule has 0 fully saturated rings. The zero-order valence-electron chi connectivity index (χ0n) is 12.9. The van der Waals surface area contributed by atoms with Crippen LogP contribution in [0, 0.1) is 13.8 Å². The molecule has 0 spiro atoms. The lowest BCUT2D eigenvalue weighted by Gasteiger charge is -2.12. The fourth-order valence-corrected chi connectivity index (χ4v) is 4.31. The molecule has 7 heteroatoms. The Morgan fingerprint density at radius 2 is 1.88 bits per heavy atom. The van der Waals surface area contributed by atoms with Crippen LogP contribution in [0.1, 0.15) is 11.1 Å². The van der Waals surface area contributed by atoms with E-state index in [2.05, 4.69) is 20.9 Å². The van der Waals surface area contributed by atoms with Crippen molar-refractivity contribution in [3.8, 4) is 5.75 Å². The van der Waals surface area contributed by atoms with Gasteiger partial charge in [-0.3, -0.25) is 4.98 Å². The highest BCUT2D eigenvalue weighted by Gasteiger charge is 2.22. The summed E-state index contributed by atoms with van der Waals surface area (Å²) in [6, 6.07) is 9.93. The smallest absolute Gasteiger partial charge is 0.339 e. The molecule has 0 bridgehead atoms. The van der Waals surface area contributed by atoms with E-state index in [1.807, 2.05) is 6.92 Å². The average molecular weight is 427 g/mol. The van der Waals surface area contributed by atoms with Crippen LogP contribution < -0.4 is 4.18 Å². The van der Waals surface area contributed by atoms with Crippen molar-refractivity contribution in [2.24, 2.45) is 0 Å². The van der Waals surface area contributed by atoms with Crippen LogP contribution in [0.2, 0.25) is 5.02 Å². The van der Waals surface area contributed by atoms with Crippen LogP contribution in [-0.4, -0.2) is 13.4 Å². The van der Waals surface area contributed by atoms with Crippen LogP contribution in [0.5, 0.6) is 5.75 Å². The summed E-state index contributed by atoms with van der Waals surface area (Å²) >= 11 is 9.49. The zero-order chi connectivity index (χ0) is 17.5. The minimum Gasteiger partial charge on any atom is -0.377 e. The summed E-state index contributed by atoms with van der Waals surface area (Å²) in [5.74, 6) is 0.145. The van der Waals surface area contributed by atoms with Crippen LogP contribution >= 0.6 is 27.5 Å². The maximum atomic E-state index is 12.7. The number of benzene rings is 2. The number of rotatable bonds is 3. The van der Waals surface area contributed by atoms with Gasteiger partial charge in [0.05, 0.1) is 5.02 Å². The van der Waals surface area contributed by atoms with Crippen LogP contribution in [0.15, 0.2) is 52.0 Å². The Labute approximate surface area is 153 Å². The number of fused-ring (bicyclic) bond motifs is 1. The Kier molecular flexibility index (Phi) is 4.55. The quantitative estimate of drug-likeness (QED) is 0.551. The molecular formula is C17H13BrClNO3S. The highest BCUT2D eigenvalue weighted by molar-refractivity contribution is 9.10. The second-order valence-electron chi connectivity index (χ2n) is 5.35. The van der Waals surface area contributed by atoms with Crippen LogP contribution in [0.3, 0.4) is 0 Å². The molecule has 0 N–H and O–H groups in total. The molecule has 1 aromatic heterocycles. The highest BCUT2D eigenvalue weighted by Crippen LogP contribution is 2.33. The lowest BCUT2D eigenvalue weighted by atomic mass is 10.2. The number of nitrogens with zero attached hydrogens (tertiary/aromatic N) is 1. The Balaban J connectivity index is 2.12. The molecule has 0 saturated heterocycles. The molecule has 0 radical (unpaired) electrons. The Morgan fingerprint density at radius 3 is 2.62 bits per heavy atom. The largest absolute Gasteiger partial charge is 0.377 e. The third kappa shape index (κ3) is 3.14. The van der Waals surface area contributed by atoms with E-state index in [1.54, 1.807) is 43.5 Å². The molecule has 3 rings (SSSR count). The van der Waals surface area contributed by atoms with Crippen molar-refractivity contribution in [3.05, 3.63) is 63.2 Å². The number of halogens is 2. The monoisotopic (exact) mass is 425 g/mol. The van der Waals surface area contributed by atoms with Crippen molar-refractivity contribution in [2.75, 3.05) is 0 Å². The van der Waals surface area contributed by atoms with E-state index in [9.17, 15) is 8.42 Å². The molecule has 0 atom stereocenters. The number of pyridine rings is 1. The highest BCUT2D eigenvalue weighted by atomic mass is 79.9. The minimum atomic E-state index is -4.00. The fraction of sp³-hybridized carbons (Fsp3) is 0.118. The average Bonchev–Trinajstić information content (AvgIpc) is 2.53. The van der Waals surface area contributed by atoms with E-state index in [-0.39, 0.29) is 10.6 Å². The van der Waals surface area contributed by atoms with E-state index < -0.39 is 10.1 Å². The zero-order valence-corrected chi connectivity index (χ0v) is 16.0. The summed E-state index contributed by atoms with van der Waals surface area (Å²) in [6.45, 7) is 3.62. The first-order valence-corrected chi connectivity index (χ1v) is 9.62. The summed E-state index contributed by atoms with van der Waals surface area (Å²) in [5.41, 5.74) is 1.96. The van der Waals surface area contributed by atoms with Crippen molar-refractivity contribution in [1.82, 2.24) is 4.98 Å². The number of aryl methyl sites for hydroxylation is 2. The molecule has 1 heterocycles. The first-order valence-electron chi connectivity index (χ1n) is 7.04. The first-order chi connectivity index (χ1) is 11.3. The van der Waals surface area contributed by atoms with Crippen molar-refractivity contribution < 1.29 is 12.6 Å². The molecule has 124 valence electrons. The van der Waals surface area contributed by atoms with Gasteiger partial charge in [0.15, 0.2) is 5.75 Å². The third-order valence-electron chi connectivity index (χ3n) is 3.60. The van der Waals surface area contributed by atoms with E-state index in [0.29, 0.717) is 26.0 Å². The molecule has 0 aliphatic carbocycles. The lowest BCUT2D eigenvalue weighted by Crippen LogP contribution is -2.12. The van der Waals surface area contributed by atoms with Gasteiger partial charge in [-0.25, -0.2) is 0 Å². The first kappa shape index (κ1) is 17.2. The van der Waals surface area contributed by atoms with Crippen molar-refractivity contribution in [1.29, 1.82) is 0 Å². The standard InChI is InChI=1S/C17H13BrClNO3S/c1-10-8-11(2)16(9-13(10)18)24(21,22)23-15-6-5-14(19)12-4-3-7-20-17(12)15/h3-9H,1-2H3. The summed E-state index contributed by atoms with van der Waals surface area (Å²) in [5, 5.41) is 1.12. The Morgan fingerprint density at radius 1 is 1.12 bits per heavy atom. The van der Waals surface area contributed by atoms with Gasteiger partial charge in [-0.2, -0.15) is 8.42 Å². The second-order valence-corrected chi connectivity index (χ2v) is 8.13. The predicted octanol–water partition coefficient (Wildman–Crippen LogP) is 5.04. The SMILES string of the molecule is Cc1cc(C)c(S(=O)(=O)Oc2ccc(Cl)c3cccnc23)cc1Br. The summed E-state index contributed by atoms with van der Waals surface area (Å²) < 4.78 is 31.5. The molecule has 0 aliphatic rings. The molecule has 2 aromatic carbocycles. The van der Waals surface area contributed by atoms with Crippen molar-refractivity contribution in [2.45, 2.75) is 18.7 Å². The van der Waals surface area contributed by atoms with Gasteiger partial charge in [-0.1, -0.05) is 33.6 Å². The molecule has 3 aromatic rings. The van der Waals surface area contributed by atoms with Crippen LogP contribution in [0.25, 0.3) is 10.9 Å². The third-order valence-corrected chi connectivity index (χ3v) is 6.17. The summed E-state index contributed by atoms with van der Waals surface area (Å²) in [6.07, 6.45) is 1.56. The van der Waals surface area contributed by atoms with E-state index >= 15 is 0 Å².